The lowest BCUT2D eigenvalue weighted by Gasteiger charge is -2.12. The number of benzene rings is 1. The molecule has 3 rings (SSSR count). The summed E-state index contributed by atoms with van der Waals surface area (Å²) >= 11 is 0. The van der Waals surface area contributed by atoms with E-state index < -0.39 is 0 Å². The maximum absolute atomic E-state index is 12.1. The molecule has 1 aromatic carbocycles. The molecule has 2 heterocycles. The number of hydrogen-bond acceptors (Lipinski definition) is 2. The molecule has 6 nitrogen and oxygen atoms in total. The summed E-state index contributed by atoms with van der Waals surface area (Å²) in [4.78, 5) is 24.1. The van der Waals surface area contributed by atoms with Crippen molar-refractivity contribution in [3.63, 3.8) is 0 Å². The summed E-state index contributed by atoms with van der Waals surface area (Å²) in [5.74, 6) is 0. The lowest BCUT2D eigenvalue weighted by atomic mass is 10.2. The summed E-state index contributed by atoms with van der Waals surface area (Å²) in [5, 5.41) is 5.61. The SMILES string of the molecule is Cc1ccc(NC(=O)n2cccc2)cc1NC(=O)n1cccc1. The predicted octanol–water partition coefficient (Wildman–Crippen LogP) is 3.76. The quantitative estimate of drug-likeness (QED) is 0.757. The molecule has 23 heavy (non-hydrogen) atoms. The number of aryl methyl sites for hydroxylation is 1. The van der Waals surface area contributed by atoms with E-state index in [2.05, 4.69) is 10.6 Å². The van der Waals surface area contributed by atoms with Gasteiger partial charge in [-0.25, -0.2) is 9.59 Å². The lowest BCUT2D eigenvalue weighted by Crippen LogP contribution is -2.20. The molecule has 0 radical (unpaired) electrons. The van der Waals surface area contributed by atoms with Crippen LogP contribution < -0.4 is 10.6 Å². The third-order valence-electron chi connectivity index (χ3n) is 3.41. The molecule has 0 bridgehead atoms. The van der Waals surface area contributed by atoms with Gasteiger partial charge in [-0.05, 0) is 48.9 Å². The summed E-state index contributed by atoms with van der Waals surface area (Å²) in [6, 6.07) is 12.0. The van der Waals surface area contributed by atoms with Crippen LogP contribution in [-0.4, -0.2) is 21.2 Å². The van der Waals surface area contributed by atoms with E-state index in [1.807, 2.05) is 13.0 Å². The zero-order valence-corrected chi connectivity index (χ0v) is 12.6. The lowest BCUT2D eigenvalue weighted by molar-refractivity contribution is 0.253. The maximum Gasteiger partial charge on any atom is 0.329 e. The van der Waals surface area contributed by atoms with Crippen molar-refractivity contribution in [2.45, 2.75) is 6.92 Å². The van der Waals surface area contributed by atoms with Crippen LogP contribution in [0.3, 0.4) is 0 Å². The molecule has 0 saturated heterocycles. The molecule has 116 valence electrons. The van der Waals surface area contributed by atoms with Gasteiger partial charge in [-0.15, -0.1) is 0 Å². The van der Waals surface area contributed by atoms with Crippen molar-refractivity contribution in [2.75, 3.05) is 10.6 Å². The Morgan fingerprint density at radius 3 is 1.91 bits per heavy atom. The van der Waals surface area contributed by atoms with Crippen LogP contribution in [0.15, 0.2) is 67.3 Å². The van der Waals surface area contributed by atoms with Crippen LogP contribution >= 0.6 is 0 Å². The van der Waals surface area contributed by atoms with Gasteiger partial charge in [0.15, 0.2) is 0 Å². The van der Waals surface area contributed by atoms with Gasteiger partial charge in [-0.3, -0.25) is 9.13 Å². The van der Waals surface area contributed by atoms with Crippen molar-refractivity contribution in [3.8, 4) is 0 Å². The van der Waals surface area contributed by atoms with Crippen molar-refractivity contribution >= 4 is 23.4 Å². The Morgan fingerprint density at radius 2 is 1.35 bits per heavy atom. The van der Waals surface area contributed by atoms with Crippen LogP contribution in [-0.2, 0) is 0 Å². The van der Waals surface area contributed by atoms with Gasteiger partial charge in [0.1, 0.15) is 0 Å². The Balaban J connectivity index is 1.76. The van der Waals surface area contributed by atoms with E-state index in [4.69, 9.17) is 0 Å². The second kappa shape index (κ2) is 6.23. The van der Waals surface area contributed by atoms with E-state index in [-0.39, 0.29) is 12.1 Å². The summed E-state index contributed by atoms with van der Waals surface area (Å²) in [5.41, 5.74) is 2.16. The largest absolute Gasteiger partial charge is 0.329 e. The normalized spacial score (nSPS) is 10.3. The fraction of sp³-hybridized carbons (Fsp3) is 0.0588. The zero-order chi connectivity index (χ0) is 16.2. The van der Waals surface area contributed by atoms with Gasteiger partial charge in [0, 0.05) is 36.2 Å². The van der Waals surface area contributed by atoms with E-state index in [1.165, 1.54) is 9.13 Å². The average Bonchev–Trinajstić information content (AvgIpc) is 3.23. The molecule has 0 aliphatic carbocycles. The summed E-state index contributed by atoms with van der Waals surface area (Å²) in [6.45, 7) is 1.89. The fourth-order valence-electron chi connectivity index (χ4n) is 2.14. The molecular formula is C17H16N4O2. The number of hydrogen-bond donors (Lipinski definition) is 2. The van der Waals surface area contributed by atoms with E-state index in [0.29, 0.717) is 11.4 Å². The van der Waals surface area contributed by atoms with Crippen molar-refractivity contribution in [1.82, 2.24) is 9.13 Å². The minimum Gasteiger partial charge on any atom is -0.307 e. The first kappa shape index (κ1) is 14.6. The highest BCUT2D eigenvalue weighted by molar-refractivity contribution is 5.95. The molecule has 0 fully saturated rings. The van der Waals surface area contributed by atoms with Crippen molar-refractivity contribution in [3.05, 3.63) is 72.8 Å². The number of amides is 2. The number of nitrogens with one attached hydrogen (secondary N) is 2. The van der Waals surface area contributed by atoms with Crippen LogP contribution in [0.1, 0.15) is 5.56 Å². The molecule has 6 heteroatoms. The fourth-order valence-corrected chi connectivity index (χ4v) is 2.14. The second-order valence-corrected chi connectivity index (χ2v) is 5.07. The van der Waals surface area contributed by atoms with E-state index in [9.17, 15) is 9.59 Å². The maximum atomic E-state index is 12.1. The molecule has 2 N–H and O–H groups in total. The van der Waals surface area contributed by atoms with Gasteiger partial charge in [-0.1, -0.05) is 6.07 Å². The topological polar surface area (TPSA) is 68.1 Å². The molecular weight excluding hydrogens is 292 g/mol. The molecule has 0 aliphatic heterocycles. The van der Waals surface area contributed by atoms with Crippen LogP contribution in [0.25, 0.3) is 0 Å². The van der Waals surface area contributed by atoms with Crippen molar-refractivity contribution in [2.24, 2.45) is 0 Å². The minimum absolute atomic E-state index is 0.257. The summed E-state index contributed by atoms with van der Waals surface area (Å²) in [6.07, 6.45) is 6.67. The first-order chi connectivity index (χ1) is 11.1. The highest BCUT2D eigenvalue weighted by atomic mass is 16.2. The standard InChI is InChI=1S/C17H16N4O2/c1-13-6-7-14(18-16(22)20-8-2-3-9-20)12-15(13)19-17(23)21-10-4-5-11-21/h2-12H,1H3,(H,18,22)(H,19,23). The first-order valence-electron chi connectivity index (χ1n) is 7.13. The Morgan fingerprint density at radius 1 is 0.826 bits per heavy atom. The van der Waals surface area contributed by atoms with E-state index >= 15 is 0 Å². The third-order valence-corrected chi connectivity index (χ3v) is 3.41. The highest BCUT2D eigenvalue weighted by Crippen LogP contribution is 2.21. The second-order valence-electron chi connectivity index (χ2n) is 5.07. The van der Waals surface area contributed by atoms with Crippen molar-refractivity contribution < 1.29 is 9.59 Å². The first-order valence-corrected chi connectivity index (χ1v) is 7.13. The molecule has 2 aromatic heterocycles. The molecule has 0 saturated carbocycles. The monoisotopic (exact) mass is 308 g/mol. The van der Waals surface area contributed by atoms with E-state index in [1.54, 1.807) is 61.2 Å². The van der Waals surface area contributed by atoms with Gasteiger partial charge in [-0.2, -0.15) is 0 Å². The molecule has 2 amide bonds. The van der Waals surface area contributed by atoms with Gasteiger partial charge < -0.3 is 10.6 Å². The average molecular weight is 308 g/mol. The number of anilines is 2. The highest BCUT2D eigenvalue weighted by Gasteiger charge is 2.09. The Bertz CT molecular complexity index is 820. The van der Waals surface area contributed by atoms with Crippen molar-refractivity contribution in [1.29, 1.82) is 0 Å². The summed E-state index contributed by atoms with van der Waals surface area (Å²) < 4.78 is 2.89. The Hall–Kier alpha value is -3.28. The van der Waals surface area contributed by atoms with Gasteiger partial charge in [0.25, 0.3) is 0 Å². The smallest absolute Gasteiger partial charge is 0.307 e. The van der Waals surface area contributed by atoms with Gasteiger partial charge in [0.05, 0.1) is 0 Å². The molecule has 3 aromatic rings. The number of carbonyl (C=O) groups is 2. The Kier molecular flexibility index (Phi) is 3.97. The summed E-state index contributed by atoms with van der Waals surface area (Å²) in [7, 11) is 0. The van der Waals surface area contributed by atoms with Crippen LogP contribution in [0, 0.1) is 6.92 Å². The molecule has 0 unspecified atom stereocenters. The van der Waals surface area contributed by atoms with Crippen LogP contribution in [0.5, 0.6) is 0 Å². The molecule has 0 atom stereocenters. The Labute approximate surface area is 133 Å². The minimum atomic E-state index is -0.262. The number of rotatable bonds is 2. The molecule has 0 aliphatic rings. The number of carbonyl (C=O) groups excluding carboxylic acids is 2. The van der Waals surface area contributed by atoms with E-state index in [0.717, 1.165) is 5.56 Å². The number of nitrogens with zero attached hydrogens (tertiary/aromatic N) is 2. The number of aromatic nitrogens is 2. The molecule has 0 spiro atoms. The van der Waals surface area contributed by atoms with Crippen LogP contribution in [0.4, 0.5) is 21.0 Å². The predicted molar refractivity (Wildman–Crippen MR) is 88.9 cm³/mol. The van der Waals surface area contributed by atoms with Gasteiger partial charge >= 0.3 is 12.1 Å². The van der Waals surface area contributed by atoms with Gasteiger partial charge in [0.2, 0.25) is 0 Å². The third kappa shape index (κ3) is 3.32. The zero-order valence-electron chi connectivity index (χ0n) is 12.6. The van der Waals surface area contributed by atoms with Crippen LogP contribution in [0.2, 0.25) is 0 Å².